The predicted molar refractivity (Wildman–Crippen MR) is 82.7 cm³/mol. The molecular formula is C13H23ClN6. The Morgan fingerprint density at radius 1 is 1.15 bits per heavy atom. The summed E-state index contributed by atoms with van der Waals surface area (Å²) in [5.74, 6) is 1.28. The minimum absolute atomic E-state index is 0.253. The maximum Gasteiger partial charge on any atom is 0.231 e. The summed E-state index contributed by atoms with van der Waals surface area (Å²) >= 11 is 5.99. The maximum atomic E-state index is 5.99. The van der Waals surface area contributed by atoms with Gasteiger partial charge in [0.2, 0.25) is 17.2 Å². The highest BCUT2D eigenvalue weighted by atomic mass is 35.5. The molecule has 2 rings (SSSR count). The van der Waals surface area contributed by atoms with Gasteiger partial charge in [0.25, 0.3) is 0 Å². The average molecular weight is 299 g/mol. The molecule has 0 saturated carbocycles. The van der Waals surface area contributed by atoms with Gasteiger partial charge < -0.3 is 9.80 Å². The number of anilines is 2. The van der Waals surface area contributed by atoms with Gasteiger partial charge in [-0.15, -0.1) is 0 Å². The summed E-state index contributed by atoms with van der Waals surface area (Å²) in [6.45, 7) is 8.44. The number of nitrogens with zero attached hydrogens (tertiary/aromatic N) is 6. The Balaban J connectivity index is 2.07. The van der Waals surface area contributed by atoms with E-state index in [2.05, 4.69) is 38.6 Å². The van der Waals surface area contributed by atoms with E-state index >= 15 is 0 Å². The third-order valence-electron chi connectivity index (χ3n) is 3.80. The number of rotatable bonds is 4. The summed E-state index contributed by atoms with van der Waals surface area (Å²) in [6.07, 6.45) is 1.18. The van der Waals surface area contributed by atoms with Gasteiger partial charge in [0, 0.05) is 46.3 Å². The molecule has 0 bridgehead atoms. The molecule has 0 aliphatic carbocycles. The normalized spacial score (nSPS) is 18.1. The van der Waals surface area contributed by atoms with Crippen molar-refractivity contribution in [3.05, 3.63) is 5.28 Å². The Labute approximate surface area is 125 Å². The third-order valence-corrected chi connectivity index (χ3v) is 3.96. The Hall–Kier alpha value is -1.14. The van der Waals surface area contributed by atoms with E-state index in [9.17, 15) is 0 Å². The molecule has 1 aliphatic rings. The number of halogens is 1. The lowest BCUT2D eigenvalue weighted by atomic mass is 10.2. The maximum absolute atomic E-state index is 5.99. The van der Waals surface area contributed by atoms with Crippen molar-refractivity contribution in [2.24, 2.45) is 0 Å². The fourth-order valence-electron chi connectivity index (χ4n) is 2.29. The fraction of sp³-hybridized carbons (Fsp3) is 0.769. The monoisotopic (exact) mass is 298 g/mol. The van der Waals surface area contributed by atoms with Crippen molar-refractivity contribution in [3.63, 3.8) is 0 Å². The van der Waals surface area contributed by atoms with Crippen LogP contribution in [0.5, 0.6) is 0 Å². The standard InChI is InChI=1S/C13H23ClN6/c1-5-10(2)19-6-8-20(9-7-19)13-16-11(14)15-12(17-13)18(3)4/h10H,5-9H2,1-4H3. The summed E-state index contributed by atoms with van der Waals surface area (Å²) in [5, 5.41) is 0.253. The largest absolute Gasteiger partial charge is 0.347 e. The van der Waals surface area contributed by atoms with Crippen molar-refractivity contribution in [3.8, 4) is 0 Å². The lowest BCUT2D eigenvalue weighted by molar-refractivity contribution is 0.192. The highest BCUT2D eigenvalue weighted by Gasteiger charge is 2.22. The molecule has 0 N–H and O–H groups in total. The van der Waals surface area contributed by atoms with E-state index < -0.39 is 0 Å². The molecule has 1 fully saturated rings. The first-order valence-electron chi connectivity index (χ1n) is 7.09. The van der Waals surface area contributed by atoms with Gasteiger partial charge in [0.1, 0.15) is 0 Å². The summed E-state index contributed by atoms with van der Waals surface area (Å²) in [7, 11) is 3.80. The quantitative estimate of drug-likeness (QED) is 0.840. The molecule has 1 aromatic heterocycles. The topological polar surface area (TPSA) is 48.4 Å². The molecule has 1 unspecified atom stereocenters. The van der Waals surface area contributed by atoms with Crippen molar-refractivity contribution in [2.45, 2.75) is 26.3 Å². The van der Waals surface area contributed by atoms with Crippen LogP contribution in [-0.4, -0.2) is 66.2 Å². The third kappa shape index (κ3) is 3.49. The Morgan fingerprint density at radius 3 is 2.35 bits per heavy atom. The van der Waals surface area contributed by atoms with Gasteiger partial charge in [-0.25, -0.2) is 0 Å². The van der Waals surface area contributed by atoms with Crippen LogP contribution in [-0.2, 0) is 0 Å². The van der Waals surface area contributed by atoms with Crippen molar-refractivity contribution in [1.82, 2.24) is 19.9 Å². The zero-order valence-corrected chi connectivity index (χ0v) is 13.4. The second-order valence-electron chi connectivity index (χ2n) is 5.38. The Kier molecular flexibility index (Phi) is 4.99. The molecule has 0 spiro atoms. The molecule has 1 aliphatic heterocycles. The van der Waals surface area contributed by atoms with Crippen molar-refractivity contribution in [1.29, 1.82) is 0 Å². The molecule has 1 saturated heterocycles. The Bertz CT molecular complexity index is 444. The summed E-state index contributed by atoms with van der Waals surface area (Å²) < 4.78 is 0. The van der Waals surface area contributed by atoms with Crippen LogP contribution in [0.2, 0.25) is 5.28 Å². The number of piperazine rings is 1. The molecule has 112 valence electrons. The van der Waals surface area contributed by atoms with Crippen LogP contribution in [0.4, 0.5) is 11.9 Å². The summed E-state index contributed by atoms with van der Waals surface area (Å²) in [4.78, 5) is 19.4. The molecule has 20 heavy (non-hydrogen) atoms. The number of aromatic nitrogens is 3. The van der Waals surface area contributed by atoms with Gasteiger partial charge in [-0.2, -0.15) is 15.0 Å². The summed E-state index contributed by atoms with van der Waals surface area (Å²) in [5.41, 5.74) is 0. The zero-order valence-electron chi connectivity index (χ0n) is 12.7. The molecule has 0 radical (unpaired) electrons. The molecule has 6 nitrogen and oxygen atoms in total. The van der Waals surface area contributed by atoms with E-state index in [1.165, 1.54) is 6.42 Å². The van der Waals surface area contributed by atoms with E-state index in [0.29, 0.717) is 17.9 Å². The second-order valence-corrected chi connectivity index (χ2v) is 5.72. The molecule has 1 aromatic rings. The van der Waals surface area contributed by atoms with Gasteiger partial charge in [-0.3, -0.25) is 4.90 Å². The molecular weight excluding hydrogens is 276 g/mol. The van der Waals surface area contributed by atoms with Crippen LogP contribution in [0.15, 0.2) is 0 Å². The van der Waals surface area contributed by atoms with Crippen LogP contribution < -0.4 is 9.80 Å². The predicted octanol–water partition coefficient (Wildman–Crippen LogP) is 1.51. The molecule has 2 heterocycles. The Morgan fingerprint density at radius 2 is 1.80 bits per heavy atom. The van der Waals surface area contributed by atoms with Crippen LogP contribution >= 0.6 is 11.6 Å². The van der Waals surface area contributed by atoms with Gasteiger partial charge in [0.15, 0.2) is 0 Å². The SMILES string of the molecule is CCC(C)N1CCN(c2nc(Cl)nc(N(C)C)n2)CC1. The minimum Gasteiger partial charge on any atom is -0.347 e. The first kappa shape index (κ1) is 15.3. The van der Waals surface area contributed by atoms with Crippen LogP contribution in [0.3, 0.4) is 0 Å². The molecule has 1 atom stereocenters. The number of hydrogen-bond acceptors (Lipinski definition) is 6. The van der Waals surface area contributed by atoms with Crippen molar-refractivity contribution in [2.75, 3.05) is 50.1 Å². The van der Waals surface area contributed by atoms with Crippen LogP contribution in [0.1, 0.15) is 20.3 Å². The van der Waals surface area contributed by atoms with Crippen molar-refractivity contribution < 1.29 is 0 Å². The average Bonchev–Trinajstić information content (AvgIpc) is 2.46. The first-order chi connectivity index (χ1) is 9.51. The van der Waals surface area contributed by atoms with E-state index in [4.69, 9.17) is 11.6 Å². The molecule has 0 amide bonds. The van der Waals surface area contributed by atoms with E-state index in [-0.39, 0.29) is 5.28 Å². The van der Waals surface area contributed by atoms with E-state index in [0.717, 1.165) is 26.2 Å². The lowest BCUT2D eigenvalue weighted by Crippen LogP contribution is -2.50. The smallest absolute Gasteiger partial charge is 0.231 e. The first-order valence-corrected chi connectivity index (χ1v) is 7.47. The lowest BCUT2D eigenvalue weighted by Gasteiger charge is -2.37. The summed E-state index contributed by atoms with van der Waals surface area (Å²) in [6, 6.07) is 0.636. The van der Waals surface area contributed by atoms with Gasteiger partial charge in [-0.05, 0) is 24.9 Å². The van der Waals surface area contributed by atoms with Gasteiger partial charge in [0.05, 0.1) is 0 Å². The van der Waals surface area contributed by atoms with Crippen LogP contribution in [0, 0.1) is 0 Å². The van der Waals surface area contributed by atoms with E-state index in [1.807, 2.05) is 19.0 Å². The van der Waals surface area contributed by atoms with Crippen molar-refractivity contribution >= 4 is 23.5 Å². The van der Waals surface area contributed by atoms with E-state index in [1.54, 1.807) is 0 Å². The minimum atomic E-state index is 0.253. The van der Waals surface area contributed by atoms with Gasteiger partial charge >= 0.3 is 0 Å². The number of hydrogen-bond donors (Lipinski definition) is 0. The molecule has 0 aromatic carbocycles. The fourth-order valence-corrected chi connectivity index (χ4v) is 2.44. The zero-order chi connectivity index (χ0) is 14.7. The highest BCUT2D eigenvalue weighted by molar-refractivity contribution is 6.28. The van der Waals surface area contributed by atoms with Gasteiger partial charge in [-0.1, -0.05) is 6.92 Å². The van der Waals surface area contributed by atoms with Crippen LogP contribution in [0.25, 0.3) is 0 Å². The highest BCUT2D eigenvalue weighted by Crippen LogP contribution is 2.18. The molecule has 7 heteroatoms. The second kappa shape index (κ2) is 6.54.